The number of rotatable bonds is 3. The molecule has 0 aromatic heterocycles. The second-order valence-electron chi connectivity index (χ2n) is 4.36. The van der Waals surface area contributed by atoms with Gasteiger partial charge in [0.25, 0.3) is 0 Å². The molecule has 1 aromatic carbocycles. The van der Waals surface area contributed by atoms with E-state index in [0.717, 1.165) is 5.56 Å². The Bertz CT molecular complexity index is 329. The van der Waals surface area contributed by atoms with E-state index in [2.05, 4.69) is 0 Å². The van der Waals surface area contributed by atoms with E-state index in [0.29, 0.717) is 6.61 Å². The van der Waals surface area contributed by atoms with Gasteiger partial charge in [-0.25, -0.2) is 0 Å². The number of hydrogen-bond acceptors (Lipinski definition) is 4. The van der Waals surface area contributed by atoms with Crippen molar-refractivity contribution in [3.8, 4) is 0 Å². The van der Waals surface area contributed by atoms with Crippen molar-refractivity contribution in [2.75, 3.05) is 0 Å². The monoisotopic (exact) mass is 238 g/mol. The van der Waals surface area contributed by atoms with Crippen LogP contribution in [0.4, 0.5) is 0 Å². The zero-order chi connectivity index (χ0) is 12.3. The molecule has 1 fully saturated rings. The van der Waals surface area contributed by atoms with Crippen LogP contribution in [0.5, 0.6) is 0 Å². The van der Waals surface area contributed by atoms with Crippen LogP contribution in [0, 0.1) is 0 Å². The molecule has 1 aromatic rings. The molecule has 1 aliphatic heterocycles. The molecule has 0 aliphatic carbocycles. The molecule has 94 valence electrons. The highest BCUT2D eigenvalue weighted by atomic mass is 16.6. The number of aliphatic hydroxyl groups excluding tert-OH is 2. The maximum atomic E-state index is 9.82. The van der Waals surface area contributed by atoms with Crippen LogP contribution in [0.2, 0.25) is 0 Å². The van der Waals surface area contributed by atoms with E-state index in [1.807, 2.05) is 30.3 Å². The fourth-order valence-electron chi connectivity index (χ4n) is 2.05. The Kier molecular flexibility index (Phi) is 4.12. The summed E-state index contributed by atoms with van der Waals surface area (Å²) in [5.74, 6) is 0. The fourth-order valence-corrected chi connectivity index (χ4v) is 2.05. The van der Waals surface area contributed by atoms with Gasteiger partial charge in [-0.1, -0.05) is 30.3 Å². The summed E-state index contributed by atoms with van der Waals surface area (Å²) in [7, 11) is 0. The third-order valence-corrected chi connectivity index (χ3v) is 2.94. The van der Waals surface area contributed by atoms with Crippen molar-refractivity contribution in [1.82, 2.24) is 0 Å². The Morgan fingerprint density at radius 1 is 1.29 bits per heavy atom. The van der Waals surface area contributed by atoms with Gasteiger partial charge in [-0.05, 0) is 12.5 Å². The molecule has 1 aliphatic rings. The number of benzene rings is 1. The largest absolute Gasteiger partial charge is 0.390 e. The van der Waals surface area contributed by atoms with Crippen molar-refractivity contribution in [3.63, 3.8) is 0 Å². The topological polar surface area (TPSA) is 58.9 Å². The van der Waals surface area contributed by atoms with E-state index >= 15 is 0 Å². The highest BCUT2D eigenvalue weighted by molar-refractivity contribution is 5.13. The minimum absolute atomic E-state index is 0.198. The first kappa shape index (κ1) is 12.5. The first-order valence-corrected chi connectivity index (χ1v) is 5.84. The van der Waals surface area contributed by atoms with Gasteiger partial charge in [-0.2, -0.15) is 0 Å². The third kappa shape index (κ3) is 3.26. The lowest BCUT2D eigenvalue weighted by molar-refractivity contribution is -0.240. The molecule has 17 heavy (non-hydrogen) atoms. The standard InChI is InChI=1S/C13H18O4/c1-9-13(11(14)7-12(15)17-9)16-8-10-5-3-2-4-6-10/h2-6,9,11-15H,7-8H2,1H3/t9-,11+,12?,13+/m1/s1. The zero-order valence-electron chi connectivity index (χ0n) is 9.82. The molecule has 2 N–H and O–H groups in total. The van der Waals surface area contributed by atoms with E-state index in [1.165, 1.54) is 0 Å². The van der Waals surface area contributed by atoms with Crippen molar-refractivity contribution in [1.29, 1.82) is 0 Å². The van der Waals surface area contributed by atoms with Crippen LogP contribution in [0.1, 0.15) is 18.9 Å². The van der Waals surface area contributed by atoms with Crippen LogP contribution >= 0.6 is 0 Å². The minimum atomic E-state index is -0.892. The van der Waals surface area contributed by atoms with Gasteiger partial charge in [0.15, 0.2) is 6.29 Å². The normalized spacial score (nSPS) is 33.6. The fraction of sp³-hybridized carbons (Fsp3) is 0.538. The van der Waals surface area contributed by atoms with Gasteiger partial charge in [0.05, 0.1) is 18.8 Å². The Morgan fingerprint density at radius 3 is 2.65 bits per heavy atom. The van der Waals surface area contributed by atoms with Crippen LogP contribution in [0.15, 0.2) is 30.3 Å². The van der Waals surface area contributed by atoms with E-state index < -0.39 is 18.5 Å². The van der Waals surface area contributed by atoms with Crippen molar-refractivity contribution in [2.45, 2.75) is 44.6 Å². The molecule has 0 saturated carbocycles. The van der Waals surface area contributed by atoms with Crippen LogP contribution in [0.3, 0.4) is 0 Å². The molecule has 1 heterocycles. The first-order valence-electron chi connectivity index (χ1n) is 5.84. The molecule has 0 spiro atoms. The molecule has 4 heteroatoms. The SMILES string of the molecule is C[C@H]1OC(O)C[C@H](O)[C@H]1OCc1ccccc1. The van der Waals surface area contributed by atoms with Crippen LogP contribution in [0.25, 0.3) is 0 Å². The number of aliphatic hydroxyl groups is 2. The molecule has 0 bridgehead atoms. The van der Waals surface area contributed by atoms with E-state index in [9.17, 15) is 10.2 Å². The minimum Gasteiger partial charge on any atom is -0.390 e. The van der Waals surface area contributed by atoms with Gasteiger partial charge in [0.1, 0.15) is 6.10 Å². The lowest BCUT2D eigenvalue weighted by atomic mass is 10.0. The van der Waals surface area contributed by atoms with Gasteiger partial charge in [0.2, 0.25) is 0 Å². The zero-order valence-corrected chi connectivity index (χ0v) is 9.82. The van der Waals surface area contributed by atoms with Gasteiger partial charge >= 0.3 is 0 Å². The first-order chi connectivity index (χ1) is 8.16. The smallest absolute Gasteiger partial charge is 0.157 e. The van der Waals surface area contributed by atoms with Crippen molar-refractivity contribution >= 4 is 0 Å². The second-order valence-corrected chi connectivity index (χ2v) is 4.36. The van der Waals surface area contributed by atoms with E-state index in [1.54, 1.807) is 6.92 Å². The lowest BCUT2D eigenvalue weighted by Crippen LogP contribution is -2.48. The van der Waals surface area contributed by atoms with Gasteiger partial charge in [-0.15, -0.1) is 0 Å². The molecule has 1 saturated heterocycles. The maximum absolute atomic E-state index is 9.82. The second kappa shape index (κ2) is 5.60. The van der Waals surface area contributed by atoms with Crippen LogP contribution in [-0.4, -0.2) is 34.8 Å². The summed E-state index contributed by atoms with van der Waals surface area (Å²) in [6.07, 6.45) is -2.07. The quantitative estimate of drug-likeness (QED) is 0.826. The molecular formula is C13H18O4. The Hall–Kier alpha value is -0.940. The summed E-state index contributed by atoms with van der Waals surface area (Å²) in [5, 5.41) is 19.1. The van der Waals surface area contributed by atoms with Crippen molar-refractivity contribution < 1.29 is 19.7 Å². The van der Waals surface area contributed by atoms with E-state index in [-0.39, 0.29) is 12.5 Å². The molecule has 0 radical (unpaired) electrons. The summed E-state index contributed by atoms with van der Waals surface area (Å²) >= 11 is 0. The summed E-state index contributed by atoms with van der Waals surface area (Å²) in [5.41, 5.74) is 1.05. The summed E-state index contributed by atoms with van der Waals surface area (Å²) in [6.45, 7) is 2.23. The molecule has 1 unspecified atom stereocenters. The lowest BCUT2D eigenvalue weighted by Gasteiger charge is -2.35. The Morgan fingerprint density at radius 2 is 2.00 bits per heavy atom. The third-order valence-electron chi connectivity index (χ3n) is 2.94. The molecule has 2 rings (SSSR count). The predicted molar refractivity (Wildman–Crippen MR) is 62.2 cm³/mol. The summed E-state index contributed by atoms with van der Waals surface area (Å²) in [4.78, 5) is 0. The molecule has 4 atom stereocenters. The maximum Gasteiger partial charge on any atom is 0.157 e. The number of hydrogen-bond donors (Lipinski definition) is 2. The van der Waals surface area contributed by atoms with Crippen LogP contribution < -0.4 is 0 Å². The van der Waals surface area contributed by atoms with Crippen molar-refractivity contribution in [3.05, 3.63) is 35.9 Å². The summed E-state index contributed by atoms with van der Waals surface area (Å²) < 4.78 is 10.9. The van der Waals surface area contributed by atoms with Crippen molar-refractivity contribution in [2.24, 2.45) is 0 Å². The highest BCUT2D eigenvalue weighted by Crippen LogP contribution is 2.22. The average molecular weight is 238 g/mol. The van der Waals surface area contributed by atoms with E-state index in [4.69, 9.17) is 9.47 Å². The van der Waals surface area contributed by atoms with Gasteiger partial charge < -0.3 is 19.7 Å². The number of ether oxygens (including phenoxy) is 2. The highest BCUT2D eigenvalue weighted by Gasteiger charge is 2.35. The molecular weight excluding hydrogens is 220 g/mol. The average Bonchev–Trinajstić information content (AvgIpc) is 2.29. The Labute approximate surface area is 101 Å². The Balaban J connectivity index is 1.90. The van der Waals surface area contributed by atoms with Gasteiger partial charge in [-0.3, -0.25) is 0 Å². The van der Waals surface area contributed by atoms with Gasteiger partial charge in [0, 0.05) is 6.42 Å². The molecule has 4 nitrogen and oxygen atoms in total. The van der Waals surface area contributed by atoms with Crippen LogP contribution in [-0.2, 0) is 16.1 Å². The predicted octanol–water partition coefficient (Wildman–Crippen LogP) is 1.06. The summed E-state index contributed by atoms with van der Waals surface area (Å²) in [6, 6.07) is 9.77. The molecule has 0 amide bonds.